The number of rotatable bonds is 7. The Labute approximate surface area is 151 Å². The van der Waals surface area contributed by atoms with Gasteiger partial charge in [-0.15, -0.1) is 0 Å². The number of hydrogen-bond donors (Lipinski definition) is 2. The van der Waals surface area contributed by atoms with Gasteiger partial charge in [0.05, 0.1) is 6.54 Å². The summed E-state index contributed by atoms with van der Waals surface area (Å²) in [6.45, 7) is 5.41. The van der Waals surface area contributed by atoms with E-state index in [4.69, 9.17) is 0 Å². The predicted molar refractivity (Wildman–Crippen MR) is 99.5 cm³/mol. The van der Waals surface area contributed by atoms with Gasteiger partial charge in [-0.05, 0) is 56.3 Å². The first-order chi connectivity index (χ1) is 12.2. The molecule has 4 aliphatic rings. The van der Waals surface area contributed by atoms with E-state index in [1.54, 1.807) is 0 Å². The molecule has 1 aliphatic heterocycles. The van der Waals surface area contributed by atoms with Gasteiger partial charge < -0.3 is 15.5 Å². The lowest BCUT2D eigenvalue weighted by Crippen LogP contribution is -2.54. The van der Waals surface area contributed by atoms with E-state index in [0.717, 1.165) is 69.3 Å². The number of nitrogens with zero attached hydrogens (tertiary/aromatic N) is 3. The number of nitrogens with one attached hydrogen (secondary N) is 2. The molecule has 4 rings (SSSR count). The minimum Gasteiger partial charge on any atom is -0.356 e. The highest BCUT2D eigenvalue weighted by Crippen LogP contribution is 2.48. The van der Waals surface area contributed by atoms with Crippen molar-refractivity contribution in [2.24, 2.45) is 22.7 Å². The fourth-order valence-electron chi connectivity index (χ4n) is 4.13. The molecule has 0 atom stereocenters. The minimum absolute atomic E-state index is 0.190. The summed E-state index contributed by atoms with van der Waals surface area (Å²) in [5.41, 5.74) is 0. The van der Waals surface area contributed by atoms with E-state index in [0.29, 0.717) is 12.6 Å². The molecule has 0 aromatic rings. The molecule has 6 nitrogen and oxygen atoms in total. The monoisotopic (exact) mass is 347 g/mol. The molecule has 25 heavy (non-hydrogen) atoms. The normalized spacial score (nSPS) is 25.4. The summed E-state index contributed by atoms with van der Waals surface area (Å²) in [4.78, 5) is 21.1. The Kier molecular flexibility index (Phi) is 5.15. The Hall–Kier alpha value is -1.30. The van der Waals surface area contributed by atoms with E-state index in [-0.39, 0.29) is 5.91 Å². The molecule has 0 unspecified atom stereocenters. The average molecular weight is 348 g/mol. The maximum atomic E-state index is 11.9. The molecule has 0 bridgehead atoms. The number of amides is 1. The molecule has 0 radical (unpaired) electrons. The van der Waals surface area contributed by atoms with Crippen LogP contribution in [0.5, 0.6) is 0 Å². The molecular formula is C19H33N5O. The van der Waals surface area contributed by atoms with Crippen LogP contribution in [-0.4, -0.2) is 74.0 Å². The van der Waals surface area contributed by atoms with Crippen LogP contribution in [-0.2, 0) is 4.79 Å². The van der Waals surface area contributed by atoms with E-state index in [2.05, 4.69) is 25.4 Å². The molecule has 2 N–H and O–H groups in total. The Morgan fingerprint density at radius 2 is 1.68 bits per heavy atom. The second-order valence-electron chi connectivity index (χ2n) is 8.37. The smallest absolute Gasteiger partial charge is 0.234 e. The number of guanidine groups is 1. The molecule has 140 valence electrons. The molecule has 3 saturated carbocycles. The fraction of sp³-hybridized carbons (Fsp3) is 0.895. The number of hydrogen-bond acceptors (Lipinski definition) is 3. The molecular weight excluding hydrogens is 314 g/mol. The van der Waals surface area contributed by atoms with Crippen molar-refractivity contribution in [1.82, 2.24) is 20.4 Å². The summed E-state index contributed by atoms with van der Waals surface area (Å²) in [5.74, 6) is 4.05. The molecule has 4 fully saturated rings. The van der Waals surface area contributed by atoms with Gasteiger partial charge in [0.25, 0.3) is 0 Å². The minimum atomic E-state index is 0.190. The third kappa shape index (κ3) is 4.87. The average Bonchev–Trinajstić information content (AvgIpc) is 3.47. The molecule has 1 amide bonds. The number of aliphatic imine (C=N–C) groups is 1. The summed E-state index contributed by atoms with van der Waals surface area (Å²) in [7, 11) is 1.89. The van der Waals surface area contributed by atoms with E-state index in [1.165, 1.54) is 25.7 Å². The standard InChI is InChI=1S/C19H33N5O/c1-20-19(21-12-17(14-2-3-14)15-4-5-15)24-10-8-23(9-11-24)13-18(25)22-16-6-7-16/h14-17H,2-13H2,1H3,(H,20,21)(H,22,25). The van der Waals surface area contributed by atoms with Crippen molar-refractivity contribution in [3.05, 3.63) is 0 Å². The van der Waals surface area contributed by atoms with Crippen LogP contribution in [0, 0.1) is 17.8 Å². The maximum absolute atomic E-state index is 11.9. The van der Waals surface area contributed by atoms with Crippen LogP contribution in [0.2, 0.25) is 0 Å². The Bertz CT molecular complexity index is 490. The predicted octanol–water partition coefficient (Wildman–Crippen LogP) is 0.894. The van der Waals surface area contributed by atoms with E-state index < -0.39 is 0 Å². The number of carbonyl (C=O) groups is 1. The van der Waals surface area contributed by atoms with Crippen LogP contribution < -0.4 is 10.6 Å². The zero-order valence-corrected chi connectivity index (χ0v) is 15.5. The highest BCUT2D eigenvalue weighted by Gasteiger charge is 2.41. The summed E-state index contributed by atoms with van der Waals surface area (Å²) in [6, 6.07) is 0.461. The molecule has 0 aromatic heterocycles. The van der Waals surface area contributed by atoms with Crippen molar-refractivity contribution in [3.63, 3.8) is 0 Å². The molecule has 1 heterocycles. The van der Waals surface area contributed by atoms with Crippen molar-refractivity contribution in [3.8, 4) is 0 Å². The third-order valence-electron chi connectivity index (χ3n) is 6.14. The van der Waals surface area contributed by atoms with Crippen LogP contribution in [0.25, 0.3) is 0 Å². The van der Waals surface area contributed by atoms with Crippen molar-refractivity contribution >= 4 is 11.9 Å². The molecule has 0 aromatic carbocycles. The SMILES string of the molecule is CN=C(NCC(C1CC1)C1CC1)N1CCN(CC(=O)NC2CC2)CC1. The quantitative estimate of drug-likeness (QED) is 0.531. The van der Waals surface area contributed by atoms with Crippen molar-refractivity contribution in [2.75, 3.05) is 46.3 Å². The zero-order chi connectivity index (χ0) is 17.2. The van der Waals surface area contributed by atoms with Gasteiger partial charge in [-0.3, -0.25) is 14.7 Å². The Morgan fingerprint density at radius 3 is 2.20 bits per heavy atom. The Morgan fingerprint density at radius 1 is 1.04 bits per heavy atom. The van der Waals surface area contributed by atoms with E-state index in [1.807, 2.05) is 7.05 Å². The first kappa shape index (κ1) is 17.1. The Balaban J connectivity index is 1.19. The first-order valence-electron chi connectivity index (χ1n) is 10.2. The van der Waals surface area contributed by atoms with Gasteiger partial charge in [-0.1, -0.05) is 0 Å². The molecule has 1 saturated heterocycles. The topological polar surface area (TPSA) is 60.0 Å². The fourth-order valence-corrected chi connectivity index (χ4v) is 4.13. The van der Waals surface area contributed by atoms with Crippen LogP contribution in [0.15, 0.2) is 4.99 Å². The molecule has 3 aliphatic carbocycles. The zero-order valence-electron chi connectivity index (χ0n) is 15.5. The lowest BCUT2D eigenvalue weighted by atomic mass is 9.98. The van der Waals surface area contributed by atoms with Crippen LogP contribution in [0.4, 0.5) is 0 Å². The largest absolute Gasteiger partial charge is 0.356 e. The van der Waals surface area contributed by atoms with Crippen molar-refractivity contribution < 1.29 is 4.79 Å². The van der Waals surface area contributed by atoms with Crippen LogP contribution in [0.3, 0.4) is 0 Å². The van der Waals surface area contributed by atoms with Gasteiger partial charge in [0, 0.05) is 45.8 Å². The maximum Gasteiger partial charge on any atom is 0.234 e. The van der Waals surface area contributed by atoms with Gasteiger partial charge in [0.15, 0.2) is 5.96 Å². The summed E-state index contributed by atoms with van der Waals surface area (Å²) in [6.07, 6.45) is 8.05. The second kappa shape index (κ2) is 7.52. The highest BCUT2D eigenvalue weighted by molar-refractivity contribution is 5.80. The third-order valence-corrected chi connectivity index (χ3v) is 6.14. The molecule has 0 spiro atoms. The summed E-state index contributed by atoms with van der Waals surface area (Å²) < 4.78 is 0. The van der Waals surface area contributed by atoms with Gasteiger partial charge in [0.1, 0.15) is 0 Å². The van der Waals surface area contributed by atoms with Crippen LogP contribution >= 0.6 is 0 Å². The van der Waals surface area contributed by atoms with Crippen molar-refractivity contribution in [2.45, 2.75) is 44.6 Å². The second-order valence-corrected chi connectivity index (χ2v) is 8.37. The summed E-state index contributed by atoms with van der Waals surface area (Å²) in [5, 5.41) is 6.73. The van der Waals surface area contributed by atoms with Gasteiger partial charge in [0.2, 0.25) is 5.91 Å². The highest BCUT2D eigenvalue weighted by atomic mass is 16.2. The van der Waals surface area contributed by atoms with E-state index in [9.17, 15) is 4.79 Å². The van der Waals surface area contributed by atoms with Gasteiger partial charge >= 0.3 is 0 Å². The van der Waals surface area contributed by atoms with Gasteiger partial charge in [-0.25, -0.2) is 0 Å². The lowest BCUT2D eigenvalue weighted by molar-refractivity contribution is -0.122. The molecule has 6 heteroatoms. The van der Waals surface area contributed by atoms with E-state index >= 15 is 0 Å². The number of carbonyl (C=O) groups excluding carboxylic acids is 1. The first-order valence-corrected chi connectivity index (χ1v) is 10.2. The van der Waals surface area contributed by atoms with Crippen molar-refractivity contribution in [1.29, 1.82) is 0 Å². The summed E-state index contributed by atoms with van der Waals surface area (Å²) >= 11 is 0. The van der Waals surface area contributed by atoms with Gasteiger partial charge in [-0.2, -0.15) is 0 Å². The lowest BCUT2D eigenvalue weighted by Gasteiger charge is -2.36. The van der Waals surface area contributed by atoms with Crippen LogP contribution in [0.1, 0.15) is 38.5 Å². The number of piperazine rings is 1.